The van der Waals surface area contributed by atoms with Crippen LogP contribution in [0.3, 0.4) is 0 Å². The number of hydrazine groups is 1. The van der Waals surface area contributed by atoms with Crippen molar-refractivity contribution in [3.8, 4) is 0 Å². The molecule has 4 fully saturated rings. The lowest BCUT2D eigenvalue weighted by Gasteiger charge is -2.48. The fourth-order valence-electron chi connectivity index (χ4n) is 4.21. The van der Waals surface area contributed by atoms with Gasteiger partial charge < -0.3 is 10.6 Å². The number of hydrogen-bond donors (Lipinski definition) is 4. The Labute approximate surface area is 96.3 Å². The van der Waals surface area contributed by atoms with Gasteiger partial charge in [0.15, 0.2) is 0 Å². The van der Waals surface area contributed by atoms with E-state index < -0.39 is 0 Å². The van der Waals surface area contributed by atoms with Crippen LogP contribution in [-0.2, 0) is 0 Å². The lowest BCUT2D eigenvalue weighted by molar-refractivity contribution is 0.0440. The van der Waals surface area contributed by atoms with Gasteiger partial charge >= 0.3 is 0 Å². The Balaban J connectivity index is 1.70. The molecule has 1 aliphatic carbocycles. The molecule has 90 valence electrons. The molecule has 16 heavy (non-hydrogen) atoms. The van der Waals surface area contributed by atoms with Gasteiger partial charge in [-0.2, -0.15) is 0 Å². The first-order valence-corrected chi connectivity index (χ1v) is 6.64. The van der Waals surface area contributed by atoms with E-state index in [4.69, 9.17) is 0 Å². The molecule has 0 aromatic carbocycles. The predicted octanol–water partition coefficient (Wildman–Crippen LogP) is -1.35. The predicted molar refractivity (Wildman–Crippen MR) is 61.4 cm³/mol. The third-order valence-corrected chi connectivity index (χ3v) is 4.89. The van der Waals surface area contributed by atoms with Crippen molar-refractivity contribution in [1.82, 2.24) is 26.4 Å². The maximum absolute atomic E-state index is 3.66. The Morgan fingerprint density at radius 3 is 3.06 bits per heavy atom. The summed E-state index contributed by atoms with van der Waals surface area (Å²) in [5.41, 5.74) is 3.60. The van der Waals surface area contributed by atoms with Crippen molar-refractivity contribution in [3.05, 3.63) is 0 Å². The van der Waals surface area contributed by atoms with Crippen LogP contribution in [0.25, 0.3) is 0 Å². The van der Waals surface area contributed by atoms with Gasteiger partial charge in [0, 0.05) is 44.3 Å². The molecule has 3 heterocycles. The van der Waals surface area contributed by atoms with Crippen LogP contribution in [0, 0.1) is 11.8 Å². The third kappa shape index (κ3) is 1.29. The maximum Gasteiger partial charge on any atom is 0.0642 e. The van der Waals surface area contributed by atoms with E-state index in [-0.39, 0.29) is 0 Å². The highest BCUT2D eigenvalue weighted by atomic mass is 15.6. The van der Waals surface area contributed by atoms with Crippen molar-refractivity contribution < 1.29 is 0 Å². The molecule has 5 unspecified atom stereocenters. The molecular formula is C11H21N5. The number of rotatable bonds is 0. The molecule has 5 nitrogen and oxygen atoms in total. The van der Waals surface area contributed by atoms with Crippen LogP contribution in [-0.4, -0.2) is 49.6 Å². The minimum atomic E-state index is 0.518. The molecule has 4 rings (SSSR count). The van der Waals surface area contributed by atoms with Crippen LogP contribution in [0.2, 0.25) is 0 Å². The summed E-state index contributed by atoms with van der Waals surface area (Å²) in [7, 11) is 0. The van der Waals surface area contributed by atoms with Crippen molar-refractivity contribution in [2.45, 2.75) is 31.1 Å². The molecular weight excluding hydrogens is 202 g/mol. The molecule has 1 saturated carbocycles. The van der Waals surface area contributed by atoms with Gasteiger partial charge in [0.2, 0.25) is 0 Å². The van der Waals surface area contributed by atoms with Crippen LogP contribution in [0.15, 0.2) is 0 Å². The Kier molecular flexibility index (Phi) is 2.23. The average Bonchev–Trinajstić information content (AvgIpc) is 2.64. The average molecular weight is 223 g/mol. The van der Waals surface area contributed by atoms with Gasteiger partial charge in [0.25, 0.3) is 0 Å². The molecule has 3 aliphatic heterocycles. The molecule has 4 N–H and O–H groups in total. The largest absolute Gasteiger partial charge is 0.301 e. The van der Waals surface area contributed by atoms with Crippen molar-refractivity contribution in [1.29, 1.82) is 0 Å². The van der Waals surface area contributed by atoms with Crippen LogP contribution < -0.4 is 21.4 Å². The van der Waals surface area contributed by atoms with E-state index in [1.165, 1.54) is 19.4 Å². The van der Waals surface area contributed by atoms with Crippen molar-refractivity contribution in [3.63, 3.8) is 0 Å². The molecule has 3 saturated heterocycles. The number of nitrogens with zero attached hydrogens (tertiary/aromatic N) is 1. The van der Waals surface area contributed by atoms with Crippen molar-refractivity contribution in [2.75, 3.05) is 26.3 Å². The summed E-state index contributed by atoms with van der Waals surface area (Å²) in [6.07, 6.45) is 3.25. The first-order chi connectivity index (χ1) is 7.93. The lowest BCUT2D eigenvalue weighted by Crippen LogP contribution is -2.67. The van der Waals surface area contributed by atoms with E-state index in [0.29, 0.717) is 12.2 Å². The quantitative estimate of drug-likeness (QED) is 0.409. The summed E-state index contributed by atoms with van der Waals surface area (Å²) in [4.78, 5) is 0. The summed E-state index contributed by atoms with van der Waals surface area (Å²) in [6, 6.07) is 1.44. The van der Waals surface area contributed by atoms with Gasteiger partial charge in [-0.15, -0.1) is 0 Å². The molecule has 0 aromatic heterocycles. The first-order valence-electron chi connectivity index (χ1n) is 6.64. The first kappa shape index (κ1) is 9.79. The monoisotopic (exact) mass is 223 g/mol. The number of nitrogens with one attached hydrogen (secondary N) is 4. The zero-order valence-corrected chi connectivity index (χ0v) is 9.58. The van der Waals surface area contributed by atoms with E-state index in [2.05, 4.69) is 26.4 Å². The Morgan fingerprint density at radius 1 is 1.06 bits per heavy atom. The highest BCUT2D eigenvalue weighted by molar-refractivity contribution is 5.05. The van der Waals surface area contributed by atoms with Gasteiger partial charge in [-0.25, -0.2) is 5.01 Å². The van der Waals surface area contributed by atoms with Gasteiger partial charge in [-0.1, -0.05) is 0 Å². The minimum Gasteiger partial charge on any atom is -0.301 e. The zero-order valence-electron chi connectivity index (χ0n) is 9.58. The molecule has 0 radical (unpaired) electrons. The minimum absolute atomic E-state index is 0.518. The molecule has 0 aromatic rings. The molecule has 0 amide bonds. The van der Waals surface area contributed by atoms with Gasteiger partial charge in [0.1, 0.15) is 0 Å². The second-order valence-corrected chi connectivity index (χ2v) is 5.58. The van der Waals surface area contributed by atoms with Gasteiger partial charge in [0.05, 0.1) is 6.17 Å². The van der Waals surface area contributed by atoms with E-state index in [1.54, 1.807) is 0 Å². The third-order valence-electron chi connectivity index (χ3n) is 4.89. The molecule has 0 spiro atoms. The van der Waals surface area contributed by atoms with Crippen LogP contribution >= 0.6 is 0 Å². The molecule has 5 heteroatoms. The second kappa shape index (κ2) is 3.65. The molecule has 5 atom stereocenters. The Morgan fingerprint density at radius 2 is 2.06 bits per heavy atom. The summed E-state index contributed by atoms with van der Waals surface area (Å²) < 4.78 is 0. The molecule has 0 bridgehead atoms. The SMILES string of the molecule is C1CN2NCC3CCC4NCNC(N1)C4C32. The van der Waals surface area contributed by atoms with E-state index in [0.717, 1.165) is 37.6 Å². The Bertz CT molecular complexity index is 284. The van der Waals surface area contributed by atoms with E-state index in [9.17, 15) is 0 Å². The van der Waals surface area contributed by atoms with Gasteiger partial charge in [-0.05, 0) is 18.8 Å². The van der Waals surface area contributed by atoms with Crippen molar-refractivity contribution in [2.24, 2.45) is 11.8 Å². The van der Waals surface area contributed by atoms with Crippen LogP contribution in [0.1, 0.15) is 12.8 Å². The van der Waals surface area contributed by atoms with Gasteiger partial charge in [-0.3, -0.25) is 10.7 Å². The smallest absolute Gasteiger partial charge is 0.0642 e. The summed E-state index contributed by atoms with van der Waals surface area (Å²) in [5, 5.41) is 13.4. The van der Waals surface area contributed by atoms with Crippen molar-refractivity contribution >= 4 is 0 Å². The van der Waals surface area contributed by atoms with E-state index in [1.807, 2.05) is 0 Å². The fourth-order valence-corrected chi connectivity index (χ4v) is 4.21. The zero-order chi connectivity index (χ0) is 10.5. The lowest BCUT2D eigenvalue weighted by atomic mass is 9.72. The Hall–Kier alpha value is -0.200. The highest BCUT2D eigenvalue weighted by Crippen LogP contribution is 2.38. The summed E-state index contributed by atoms with van der Waals surface area (Å²) in [5.74, 6) is 1.59. The summed E-state index contributed by atoms with van der Waals surface area (Å²) in [6.45, 7) is 4.39. The second-order valence-electron chi connectivity index (χ2n) is 5.58. The highest BCUT2D eigenvalue weighted by Gasteiger charge is 2.50. The normalized spacial score (nSPS) is 52.1. The van der Waals surface area contributed by atoms with Crippen LogP contribution in [0.4, 0.5) is 0 Å². The maximum atomic E-state index is 3.66. The number of hydrogen-bond acceptors (Lipinski definition) is 5. The topological polar surface area (TPSA) is 51.4 Å². The van der Waals surface area contributed by atoms with E-state index >= 15 is 0 Å². The fraction of sp³-hybridized carbons (Fsp3) is 1.00. The van der Waals surface area contributed by atoms with Crippen LogP contribution in [0.5, 0.6) is 0 Å². The summed E-state index contributed by atoms with van der Waals surface area (Å²) >= 11 is 0. The molecule has 4 aliphatic rings. The standard InChI is InChI=1S/C11H21N5/c1-2-8-9-10-7(1)5-15-16(10)4-3-12-11(9)14-6-13-8/h7-15H,1-6H2.